The zero-order valence-corrected chi connectivity index (χ0v) is 14.8. The van der Waals surface area contributed by atoms with Gasteiger partial charge in [0.1, 0.15) is 11.3 Å². The molecule has 0 saturated carbocycles. The normalized spacial score (nSPS) is 10.8. The molecule has 0 bridgehead atoms. The van der Waals surface area contributed by atoms with E-state index >= 15 is 0 Å². The number of fused-ring (bicyclic) bond motifs is 1. The summed E-state index contributed by atoms with van der Waals surface area (Å²) in [7, 11) is 1.56. The summed E-state index contributed by atoms with van der Waals surface area (Å²) in [5, 5.41) is 1.25. The number of hydrogen-bond acceptors (Lipinski definition) is 4. The first kappa shape index (κ1) is 16.6. The Balaban J connectivity index is 2.20. The molecule has 3 rings (SSSR count). The highest BCUT2D eigenvalue weighted by Crippen LogP contribution is 2.32. The third-order valence-electron chi connectivity index (χ3n) is 3.62. The van der Waals surface area contributed by atoms with Crippen LogP contribution in [0.5, 0.6) is 11.5 Å². The molecule has 0 saturated heterocycles. The second-order valence-electron chi connectivity index (χ2n) is 5.21. The smallest absolute Gasteiger partial charge is 0.235 e. The SMILES string of the molecule is COc1ccc2oc(-c3ccccc3)c(OCCCBr)c(=O)c2c1. The molecule has 1 heterocycles. The fourth-order valence-electron chi connectivity index (χ4n) is 2.42. The van der Waals surface area contributed by atoms with Crippen LogP contribution in [0.1, 0.15) is 6.42 Å². The zero-order valence-electron chi connectivity index (χ0n) is 13.3. The molecule has 0 amide bonds. The summed E-state index contributed by atoms with van der Waals surface area (Å²) < 4.78 is 17.0. The highest BCUT2D eigenvalue weighted by Gasteiger charge is 2.18. The Hall–Kier alpha value is -2.27. The lowest BCUT2D eigenvalue weighted by Crippen LogP contribution is -2.11. The maximum absolute atomic E-state index is 12.9. The third kappa shape index (κ3) is 3.31. The van der Waals surface area contributed by atoms with Crippen molar-refractivity contribution in [3.05, 3.63) is 58.8 Å². The van der Waals surface area contributed by atoms with Gasteiger partial charge in [0.05, 0.1) is 19.1 Å². The first-order valence-electron chi connectivity index (χ1n) is 7.63. The van der Waals surface area contributed by atoms with Crippen molar-refractivity contribution in [3.8, 4) is 22.8 Å². The van der Waals surface area contributed by atoms with Crippen molar-refractivity contribution in [1.82, 2.24) is 0 Å². The second-order valence-corrected chi connectivity index (χ2v) is 6.00. The van der Waals surface area contributed by atoms with Crippen molar-refractivity contribution in [1.29, 1.82) is 0 Å². The molecule has 0 aliphatic carbocycles. The summed E-state index contributed by atoms with van der Waals surface area (Å²) in [6.07, 6.45) is 0.795. The molecule has 0 radical (unpaired) electrons. The number of halogens is 1. The largest absolute Gasteiger partial charge is 0.497 e. The average molecular weight is 389 g/mol. The van der Waals surface area contributed by atoms with Crippen molar-refractivity contribution >= 4 is 26.9 Å². The van der Waals surface area contributed by atoms with Crippen LogP contribution in [0.3, 0.4) is 0 Å². The molecule has 0 N–H and O–H groups in total. The van der Waals surface area contributed by atoms with E-state index in [1.54, 1.807) is 25.3 Å². The summed E-state index contributed by atoms with van der Waals surface area (Å²) in [6, 6.07) is 14.7. The number of hydrogen-bond donors (Lipinski definition) is 0. The van der Waals surface area contributed by atoms with Crippen LogP contribution in [-0.2, 0) is 0 Å². The standard InChI is InChI=1S/C19H17BrO4/c1-22-14-8-9-16-15(12-14)17(21)19(23-11-5-10-20)18(24-16)13-6-3-2-4-7-13/h2-4,6-9,12H,5,10-11H2,1H3. The van der Waals surface area contributed by atoms with E-state index < -0.39 is 0 Å². The van der Waals surface area contributed by atoms with Gasteiger partial charge >= 0.3 is 0 Å². The minimum Gasteiger partial charge on any atom is -0.497 e. The average Bonchev–Trinajstić information content (AvgIpc) is 2.64. The van der Waals surface area contributed by atoms with E-state index in [-0.39, 0.29) is 11.2 Å². The highest BCUT2D eigenvalue weighted by molar-refractivity contribution is 9.09. The molecule has 1 aromatic heterocycles. The minimum absolute atomic E-state index is 0.191. The molecule has 3 aromatic rings. The Kier molecular flexibility index (Phi) is 5.20. The first-order valence-corrected chi connectivity index (χ1v) is 8.75. The number of ether oxygens (including phenoxy) is 2. The maximum Gasteiger partial charge on any atom is 0.235 e. The third-order valence-corrected chi connectivity index (χ3v) is 4.18. The Bertz CT molecular complexity index is 887. The molecule has 0 spiro atoms. The van der Waals surface area contributed by atoms with Crippen molar-refractivity contribution in [2.75, 3.05) is 19.0 Å². The van der Waals surface area contributed by atoms with E-state index in [4.69, 9.17) is 13.9 Å². The topological polar surface area (TPSA) is 48.7 Å². The van der Waals surface area contributed by atoms with Gasteiger partial charge < -0.3 is 13.9 Å². The van der Waals surface area contributed by atoms with Crippen molar-refractivity contribution in [3.63, 3.8) is 0 Å². The molecular weight excluding hydrogens is 372 g/mol. The maximum atomic E-state index is 12.9. The number of benzene rings is 2. The van der Waals surface area contributed by atoms with Gasteiger partial charge in [0.2, 0.25) is 11.2 Å². The molecular formula is C19H17BrO4. The number of alkyl halides is 1. The van der Waals surface area contributed by atoms with Crippen LogP contribution in [0.4, 0.5) is 0 Å². The van der Waals surface area contributed by atoms with Crippen LogP contribution in [0, 0.1) is 0 Å². The fourth-order valence-corrected chi connectivity index (χ4v) is 2.65. The van der Waals surface area contributed by atoms with E-state index in [1.165, 1.54) is 0 Å². The van der Waals surface area contributed by atoms with Gasteiger partial charge in [-0.15, -0.1) is 0 Å². The molecule has 5 heteroatoms. The monoisotopic (exact) mass is 388 g/mol. The predicted molar refractivity (Wildman–Crippen MR) is 98.4 cm³/mol. The Morgan fingerprint density at radius 3 is 2.62 bits per heavy atom. The number of rotatable bonds is 6. The quantitative estimate of drug-likeness (QED) is 0.456. The van der Waals surface area contributed by atoms with Gasteiger partial charge in [0, 0.05) is 10.9 Å². The van der Waals surface area contributed by atoms with Gasteiger partial charge in [0.15, 0.2) is 5.76 Å². The molecule has 0 fully saturated rings. The van der Waals surface area contributed by atoms with E-state index in [2.05, 4.69) is 15.9 Å². The minimum atomic E-state index is -0.191. The lowest BCUT2D eigenvalue weighted by atomic mass is 10.1. The van der Waals surface area contributed by atoms with E-state index in [9.17, 15) is 4.79 Å². The molecule has 24 heavy (non-hydrogen) atoms. The van der Waals surface area contributed by atoms with Crippen LogP contribution >= 0.6 is 15.9 Å². The van der Waals surface area contributed by atoms with Crippen LogP contribution in [0.2, 0.25) is 0 Å². The van der Waals surface area contributed by atoms with Crippen molar-refractivity contribution in [2.45, 2.75) is 6.42 Å². The lowest BCUT2D eigenvalue weighted by Gasteiger charge is -2.12. The van der Waals surface area contributed by atoms with E-state index in [0.717, 1.165) is 17.3 Å². The Morgan fingerprint density at radius 1 is 1.12 bits per heavy atom. The molecule has 0 atom stereocenters. The number of methoxy groups -OCH3 is 1. The molecule has 124 valence electrons. The summed E-state index contributed by atoms with van der Waals surface area (Å²) in [5.41, 5.74) is 1.12. The predicted octanol–water partition coefficient (Wildman–Crippen LogP) is 4.63. The summed E-state index contributed by atoms with van der Waals surface area (Å²) >= 11 is 3.37. The fraction of sp³-hybridized carbons (Fsp3) is 0.211. The van der Waals surface area contributed by atoms with Crippen molar-refractivity contribution in [2.24, 2.45) is 0 Å². The molecule has 0 unspecified atom stereocenters. The molecule has 2 aromatic carbocycles. The first-order chi connectivity index (χ1) is 11.7. The van der Waals surface area contributed by atoms with Crippen LogP contribution in [0.15, 0.2) is 57.7 Å². The van der Waals surface area contributed by atoms with Gasteiger partial charge in [-0.25, -0.2) is 0 Å². The molecule has 0 aliphatic heterocycles. The van der Waals surface area contributed by atoms with E-state index in [0.29, 0.717) is 29.1 Å². The lowest BCUT2D eigenvalue weighted by molar-refractivity contribution is 0.310. The van der Waals surface area contributed by atoms with Gasteiger partial charge in [-0.2, -0.15) is 0 Å². The zero-order chi connectivity index (χ0) is 16.9. The van der Waals surface area contributed by atoms with Crippen molar-refractivity contribution < 1.29 is 13.9 Å². The highest BCUT2D eigenvalue weighted by atomic mass is 79.9. The molecule has 4 nitrogen and oxygen atoms in total. The van der Waals surface area contributed by atoms with Gasteiger partial charge in [-0.1, -0.05) is 46.3 Å². The summed E-state index contributed by atoms with van der Waals surface area (Å²) in [6.45, 7) is 0.436. The van der Waals surface area contributed by atoms with Gasteiger partial charge in [0.25, 0.3) is 0 Å². The summed E-state index contributed by atoms with van der Waals surface area (Å²) in [5.74, 6) is 1.30. The second kappa shape index (κ2) is 7.53. The Labute approximate surface area is 148 Å². The van der Waals surface area contributed by atoms with Gasteiger partial charge in [-0.3, -0.25) is 4.79 Å². The summed E-state index contributed by atoms with van der Waals surface area (Å²) in [4.78, 5) is 12.9. The Morgan fingerprint density at radius 2 is 1.92 bits per heavy atom. The van der Waals surface area contributed by atoms with Crippen LogP contribution in [0.25, 0.3) is 22.3 Å². The van der Waals surface area contributed by atoms with Gasteiger partial charge in [-0.05, 0) is 24.6 Å². The van der Waals surface area contributed by atoms with E-state index in [1.807, 2.05) is 30.3 Å². The molecule has 0 aliphatic rings. The van der Waals surface area contributed by atoms with Crippen LogP contribution in [-0.4, -0.2) is 19.0 Å². The van der Waals surface area contributed by atoms with Crippen LogP contribution < -0.4 is 14.9 Å².